The Hall–Kier alpha value is -1.59. The van der Waals surface area contributed by atoms with E-state index in [1.54, 1.807) is 0 Å². The van der Waals surface area contributed by atoms with Crippen molar-refractivity contribution in [3.8, 4) is 5.75 Å². The topological polar surface area (TPSA) is 38.3 Å². The lowest BCUT2D eigenvalue weighted by molar-refractivity contribution is 0.0925. The van der Waals surface area contributed by atoms with Gasteiger partial charge in [0.1, 0.15) is 5.75 Å². The van der Waals surface area contributed by atoms with Gasteiger partial charge in [-0.2, -0.15) is 0 Å². The Kier molecular flexibility index (Phi) is 4.72. The molecule has 4 rings (SSSR count). The second kappa shape index (κ2) is 7.11. The highest BCUT2D eigenvalue weighted by molar-refractivity contribution is 8.19. The Balaban J connectivity index is 1.47. The van der Waals surface area contributed by atoms with E-state index in [1.807, 2.05) is 59.9 Å². The summed E-state index contributed by atoms with van der Waals surface area (Å²) >= 11 is 3.96. The molecule has 2 aromatic carbocycles. The van der Waals surface area contributed by atoms with Crippen molar-refractivity contribution in [3.05, 3.63) is 65.2 Å². The van der Waals surface area contributed by atoms with E-state index in [1.165, 1.54) is 17.1 Å². The first-order chi connectivity index (χ1) is 11.8. The molecule has 0 aliphatic carbocycles. The SMILES string of the molecule is O=C(N[C@H]1CCOc2ccccc21)c1ccc(C2SCCS2)cc1. The fourth-order valence-electron chi connectivity index (χ4n) is 3.08. The van der Waals surface area contributed by atoms with Crippen molar-refractivity contribution in [1.29, 1.82) is 0 Å². The predicted molar refractivity (Wildman–Crippen MR) is 101 cm³/mol. The molecule has 2 aromatic rings. The van der Waals surface area contributed by atoms with Crippen molar-refractivity contribution in [2.75, 3.05) is 18.1 Å². The van der Waals surface area contributed by atoms with Crippen LogP contribution in [0.25, 0.3) is 0 Å². The third kappa shape index (κ3) is 3.28. The van der Waals surface area contributed by atoms with E-state index < -0.39 is 0 Å². The summed E-state index contributed by atoms with van der Waals surface area (Å²) in [5.74, 6) is 3.27. The molecule has 2 aliphatic rings. The molecule has 124 valence electrons. The zero-order chi connectivity index (χ0) is 16.4. The van der Waals surface area contributed by atoms with E-state index in [9.17, 15) is 4.79 Å². The van der Waals surface area contributed by atoms with Gasteiger partial charge in [-0.15, -0.1) is 23.5 Å². The van der Waals surface area contributed by atoms with Gasteiger partial charge in [-0.1, -0.05) is 30.3 Å². The number of fused-ring (bicyclic) bond motifs is 1. The molecule has 1 fully saturated rings. The summed E-state index contributed by atoms with van der Waals surface area (Å²) < 4.78 is 6.18. The van der Waals surface area contributed by atoms with Gasteiger partial charge in [0.2, 0.25) is 0 Å². The van der Waals surface area contributed by atoms with E-state index in [0.29, 0.717) is 11.2 Å². The average molecular weight is 358 g/mol. The van der Waals surface area contributed by atoms with Crippen molar-refractivity contribution in [3.63, 3.8) is 0 Å². The van der Waals surface area contributed by atoms with Crippen LogP contribution in [-0.4, -0.2) is 24.0 Å². The average Bonchev–Trinajstić information content (AvgIpc) is 3.17. The van der Waals surface area contributed by atoms with Gasteiger partial charge >= 0.3 is 0 Å². The van der Waals surface area contributed by atoms with Crippen LogP contribution in [0, 0.1) is 0 Å². The minimum Gasteiger partial charge on any atom is -0.493 e. The quantitative estimate of drug-likeness (QED) is 0.882. The number of carbonyl (C=O) groups excluding carboxylic acids is 1. The molecule has 2 heterocycles. The molecular weight excluding hydrogens is 338 g/mol. The smallest absolute Gasteiger partial charge is 0.251 e. The van der Waals surface area contributed by atoms with Gasteiger partial charge < -0.3 is 10.1 Å². The molecule has 1 atom stereocenters. The third-order valence-corrected chi connectivity index (χ3v) is 7.44. The summed E-state index contributed by atoms with van der Waals surface area (Å²) in [6, 6.07) is 16.0. The molecule has 24 heavy (non-hydrogen) atoms. The van der Waals surface area contributed by atoms with Crippen LogP contribution in [0.15, 0.2) is 48.5 Å². The van der Waals surface area contributed by atoms with Gasteiger partial charge in [0.15, 0.2) is 0 Å². The molecule has 0 unspecified atom stereocenters. The minimum absolute atomic E-state index is 0.0167. The first kappa shape index (κ1) is 15.9. The molecule has 0 bridgehead atoms. The summed E-state index contributed by atoms with van der Waals surface area (Å²) in [6.45, 7) is 0.636. The minimum atomic E-state index is -0.0185. The lowest BCUT2D eigenvalue weighted by Crippen LogP contribution is -2.32. The number of hydrogen-bond acceptors (Lipinski definition) is 4. The highest BCUT2D eigenvalue weighted by Crippen LogP contribution is 2.45. The van der Waals surface area contributed by atoms with Gasteiger partial charge in [0.05, 0.1) is 17.2 Å². The molecule has 2 aliphatic heterocycles. The Bertz CT molecular complexity index is 726. The number of benzene rings is 2. The number of amides is 1. The van der Waals surface area contributed by atoms with Crippen LogP contribution in [0.5, 0.6) is 5.75 Å². The predicted octanol–water partition coefficient (Wildman–Crippen LogP) is 4.42. The second-order valence-electron chi connectivity index (χ2n) is 5.90. The highest BCUT2D eigenvalue weighted by Gasteiger charge is 2.23. The van der Waals surface area contributed by atoms with Crippen molar-refractivity contribution < 1.29 is 9.53 Å². The van der Waals surface area contributed by atoms with Crippen LogP contribution in [0.1, 0.15) is 38.5 Å². The van der Waals surface area contributed by atoms with E-state index in [4.69, 9.17) is 4.74 Å². The van der Waals surface area contributed by atoms with Crippen LogP contribution in [0.3, 0.4) is 0 Å². The molecular formula is C19H19NO2S2. The first-order valence-corrected chi connectivity index (χ1v) is 10.3. The molecule has 0 saturated carbocycles. The fourth-order valence-corrected chi connectivity index (χ4v) is 5.94. The van der Waals surface area contributed by atoms with Crippen molar-refractivity contribution in [2.45, 2.75) is 17.0 Å². The number of thioether (sulfide) groups is 2. The van der Waals surface area contributed by atoms with Crippen LogP contribution in [-0.2, 0) is 0 Å². The largest absolute Gasteiger partial charge is 0.493 e. The van der Waals surface area contributed by atoms with Gasteiger partial charge in [0, 0.05) is 29.1 Å². The van der Waals surface area contributed by atoms with Crippen molar-refractivity contribution >= 4 is 29.4 Å². The maximum Gasteiger partial charge on any atom is 0.251 e. The summed E-state index contributed by atoms with van der Waals surface area (Å²) in [5, 5.41) is 3.15. The number of para-hydroxylation sites is 1. The summed E-state index contributed by atoms with van der Waals surface area (Å²) in [4.78, 5) is 12.6. The summed E-state index contributed by atoms with van der Waals surface area (Å²) in [5.41, 5.74) is 3.08. The maximum absolute atomic E-state index is 12.6. The standard InChI is InChI=1S/C19H19NO2S2/c21-18(13-5-7-14(8-6-13)19-23-11-12-24-19)20-16-9-10-22-17-4-2-1-3-15(16)17/h1-8,16,19H,9-12H2,(H,20,21)/t16-/m0/s1. The Morgan fingerprint density at radius 1 is 1.04 bits per heavy atom. The van der Waals surface area contributed by atoms with Crippen LogP contribution in [0.4, 0.5) is 0 Å². The summed E-state index contributed by atoms with van der Waals surface area (Å²) in [6.07, 6.45) is 0.802. The molecule has 0 radical (unpaired) electrons. The highest BCUT2D eigenvalue weighted by atomic mass is 32.2. The Labute approximate surface area is 150 Å². The lowest BCUT2D eigenvalue weighted by atomic mass is 10.00. The molecule has 5 heteroatoms. The Morgan fingerprint density at radius 3 is 2.58 bits per heavy atom. The maximum atomic E-state index is 12.6. The fraction of sp³-hybridized carbons (Fsp3) is 0.316. The molecule has 1 N–H and O–H groups in total. The van der Waals surface area contributed by atoms with Crippen LogP contribution < -0.4 is 10.1 Å². The number of nitrogens with one attached hydrogen (secondary N) is 1. The zero-order valence-corrected chi connectivity index (χ0v) is 14.9. The molecule has 1 saturated heterocycles. The van der Waals surface area contributed by atoms with Crippen molar-refractivity contribution in [2.24, 2.45) is 0 Å². The first-order valence-electron chi connectivity index (χ1n) is 8.17. The zero-order valence-electron chi connectivity index (χ0n) is 13.2. The Morgan fingerprint density at radius 2 is 1.79 bits per heavy atom. The van der Waals surface area contributed by atoms with E-state index in [2.05, 4.69) is 17.4 Å². The molecule has 0 spiro atoms. The number of hydrogen-bond donors (Lipinski definition) is 1. The van der Waals surface area contributed by atoms with E-state index in [0.717, 1.165) is 23.3 Å². The normalized spacial score (nSPS) is 20.2. The van der Waals surface area contributed by atoms with Gasteiger partial charge in [-0.25, -0.2) is 0 Å². The van der Waals surface area contributed by atoms with Crippen molar-refractivity contribution in [1.82, 2.24) is 5.32 Å². The van der Waals surface area contributed by atoms with Gasteiger partial charge in [-0.3, -0.25) is 4.79 Å². The van der Waals surface area contributed by atoms with Gasteiger partial charge in [-0.05, 0) is 23.8 Å². The van der Waals surface area contributed by atoms with Crippen LogP contribution in [0.2, 0.25) is 0 Å². The molecule has 3 nitrogen and oxygen atoms in total. The van der Waals surface area contributed by atoms with Crippen LogP contribution >= 0.6 is 23.5 Å². The number of ether oxygens (including phenoxy) is 1. The number of carbonyl (C=O) groups is 1. The van der Waals surface area contributed by atoms with E-state index >= 15 is 0 Å². The number of rotatable bonds is 3. The second-order valence-corrected chi connectivity index (χ2v) is 8.62. The summed E-state index contributed by atoms with van der Waals surface area (Å²) in [7, 11) is 0. The molecule has 0 aromatic heterocycles. The van der Waals surface area contributed by atoms with E-state index in [-0.39, 0.29) is 11.9 Å². The molecule has 1 amide bonds. The lowest BCUT2D eigenvalue weighted by Gasteiger charge is -2.26. The monoisotopic (exact) mass is 357 g/mol. The third-order valence-electron chi connectivity index (χ3n) is 4.33. The van der Waals surface area contributed by atoms with Gasteiger partial charge in [0.25, 0.3) is 5.91 Å².